The minimum Gasteiger partial charge on any atom is -0.494 e. The summed E-state index contributed by atoms with van der Waals surface area (Å²) in [6.07, 6.45) is 1.90. The molecule has 0 aliphatic rings. The number of benzene rings is 1. The number of hydrogen-bond donors (Lipinski definition) is 2. The zero-order valence-corrected chi connectivity index (χ0v) is 12.2. The fourth-order valence-electron chi connectivity index (χ4n) is 1.59. The molecule has 5 nitrogen and oxygen atoms in total. The van der Waals surface area contributed by atoms with Gasteiger partial charge in [0.05, 0.1) is 7.11 Å². The minimum atomic E-state index is -0.401. The third-order valence-electron chi connectivity index (χ3n) is 2.57. The van der Waals surface area contributed by atoms with Crippen molar-refractivity contribution in [3.8, 4) is 5.75 Å². The van der Waals surface area contributed by atoms with Gasteiger partial charge < -0.3 is 15.4 Å². The molecule has 0 bridgehead atoms. The van der Waals surface area contributed by atoms with E-state index in [1.54, 1.807) is 25.2 Å². The molecule has 0 aliphatic carbocycles. The Hall–Kier alpha value is -2.02. The number of thioether (sulfide) groups is 1. The second kappa shape index (κ2) is 6.42. The van der Waals surface area contributed by atoms with Crippen LogP contribution in [0.3, 0.4) is 0 Å². The molecule has 1 heterocycles. The lowest BCUT2D eigenvalue weighted by Crippen LogP contribution is -2.01. The Morgan fingerprint density at radius 1 is 1.20 bits per heavy atom. The molecule has 1 aromatic heterocycles. The van der Waals surface area contributed by atoms with Crippen molar-refractivity contribution in [2.45, 2.75) is 5.16 Å². The summed E-state index contributed by atoms with van der Waals surface area (Å²) in [5.74, 6) is 1.12. The number of nitrogens with zero attached hydrogens (tertiary/aromatic N) is 2. The molecule has 0 amide bonds. The van der Waals surface area contributed by atoms with Gasteiger partial charge in [0.25, 0.3) is 0 Å². The molecule has 2 aromatic rings. The van der Waals surface area contributed by atoms with E-state index < -0.39 is 5.82 Å². The van der Waals surface area contributed by atoms with E-state index >= 15 is 0 Å². The molecule has 7 heteroatoms. The van der Waals surface area contributed by atoms with Crippen molar-refractivity contribution < 1.29 is 9.13 Å². The van der Waals surface area contributed by atoms with Gasteiger partial charge in [0, 0.05) is 24.9 Å². The van der Waals surface area contributed by atoms with Gasteiger partial charge in [0.2, 0.25) is 0 Å². The lowest BCUT2D eigenvalue weighted by atomic mass is 10.3. The Balaban J connectivity index is 2.29. The molecule has 0 saturated carbocycles. The standard InChI is InChI=1S/C13H15FN4OS/c1-15-11-7-12(18-13(17-11)20-3)16-8-4-5-9(14)10(6-8)19-2/h4-7H,1-3H3,(H2,15,16,17,18). The Kier molecular flexibility index (Phi) is 4.62. The van der Waals surface area contributed by atoms with E-state index in [1.165, 1.54) is 24.9 Å². The molecule has 0 atom stereocenters. The molecule has 2 N–H and O–H groups in total. The highest BCUT2D eigenvalue weighted by molar-refractivity contribution is 7.98. The van der Waals surface area contributed by atoms with Gasteiger partial charge in [-0.1, -0.05) is 11.8 Å². The second-order valence-electron chi connectivity index (χ2n) is 3.85. The van der Waals surface area contributed by atoms with Crippen molar-refractivity contribution >= 4 is 29.1 Å². The highest BCUT2D eigenvalue weighted by atomic mass is 32.2. The Morgan fingerprint density at radius 2 is 1.95 bits per heavy atom. The summed E-state index contributed by atoms with van der Waals surface area (Å²) in [7, 11) is 3.22. The summed E-state index contributed by atoms with van der Waals surface area (Å²) in [6, 6.07) is 6.32. The monoisotopic (exact) mass is 294 g/mol. The normalized spacial score (nSPS) is 10.2. The summed E-state index contributed by atoms with van der Waals surface area (Å²) >= 11 is 1.45. The Bertz CT molecular complexity index is 587. The highest BCUT2D eigenvalue weighted by Crippen LogP contribution is 2.25. The van der Waals surface area contributed by atoms with Gasteiger partial charge in [-0.2, -0.15) is 0 Å². The van der Waals surface area contributed by atoms with Crippen LogP contribution in [0.1, 0.15) is 0 Å². The number of nitrogens with one attached hydrogen (secondary N) is 2. The number of methoxy groups -OCH3 is 1. The zero-order chi connectivity index (χ0) is 14.5. The van der Waals surface area contributed by atoms with Gasteiger partial charge in [0.15, 0.2) is 16.7 Å². The molecule has 1 aromatic carbocycles. The first-order chi connectivity index (χ1) is 9.66. The summed E-state index contributed by atoms with van der Waals surface area (Å²) in [5.41, 5.74) is 0.691. The first kappa shape index (κ1) is 14.4. The second-order valence-corrected chi connectivity index (χ2v) is 4.62. The first-order valence-corrected chi connectivity index (χ1v) is 7.10. The van der Waals surface area contributed by atoms with Crippen LogP contribution in [0.4, 0.5) is 21.7 Å². The van der Waals surface area contributed by atoms with Crippen molar-refractivity contribution in [3.63, 3.8) is 0 Å². The van der Waals surface area contributed by atoms with Crippen LogP contribution in [0.25, 0.3) is 0 Å². The molecule has 0 radical (unpaired) electrons. The Labute approximate surface area is 121 Å². The third kappa shape index (κ3) is 3.30. The number of aromatic nitrogens is 2. The van der Waals surface area contributed by atoms with Gasteiger partial charge in [-0.3, -0.25) is 0 Å². The van der Waals surface area contributed by atoms with Gasteiger partial charge >= 0.3 is 0 Å². The maximum Gasteiger partial charge on any atom is 0.191 e. The average molecular weight is 294 g/mol. The van der Waals surface area contributed by atoms with Crippen LogP contribution >= 0.6 is 11.8 Å². The van der Waals surface area contributed by atoms with Crippen LogP contribution in [-0.2, 0) is 0 Å². The van der Waals surface area contributed by atoms with E-state index in [0.717, 1.165) is 0 Å². The van der Waals surface area contributed by atoms with Crippen molar-refractivity contribution in [1.29, 1.82) is 0 Å². The van der Waals surface area contributed by atoms with E-state index in [1.807, 2.05) is 6.26 Å². The topological polar surface area (TPSA) is 59.1 Å². The zero-order valence-electron chi connectivity index (χ0n) is 11.4. The molecule has 20 heavy (non-hydrogen) atoms. The van der Waals surface area contributed by atoms with Crippen molar-refractivity contribution in [3.05, 3.63) is 30.1 Å². The largest absolute Gasteiger partial charge is 0.494 e. The van der Waals surface area contributed by atoms with Gasteiger partial charge in [-0.05, 0) is 18.4 Å². The summed E-state index contributed by atoms with van der Waals surface area (Å²) in [4.78, 5) is 8.62. The van der Waals surface area contributed by atoms with E-state index in [-0.39, 0.29) is 5.75 Å². The SMILES string of the molecule is CNc1cc(Nc2ccc(F)c(OC)c2)nc(SC)n1. The van der Waals surface area contributed by atoms with Crippen LogP contribution in [0.2, 0.25) is 0 Å². The molecular formula is C13H15FN4OS. The number of hydrogen-bond acceptors (Lipinski definition) is 6. The predicted octanol–water partition coefficient (Wildman–Crippen LogP) is 3.13. The van der Waals surface area contributed by atoms with Crippen LogP contribution in [0.5, 0.6) is 5.75 Å². The fourth-order valence-corrected chi connectivity index (χ4v) is 1.97. The summed E-state index contributed by atoms with van der Waals surface area (Å²) < 4.78 is 18.3. The maximum absolute atomic E-state index is 13.4. The van der Waals surface area contributed by atoms with E-state index in [9.17, 15) is 4.39 Å². The average Bonchev–Trinajstić information content (AvgIpc) is 2.48. The van der Waals surface area contributed by atoms with Crippen molar-refractivity contribution in [2.75, 3.05) is 31.0 Å². The summed E-state index contributed by atoms with van der Waals surface area (Å²) in [5, 5.41) is 6.72. The lowest BCUT2D eigenvalue weighted by molar-refractivity contribution is 0.387. The van der Waals surface area contributed by atoms with E-state index in [2.05, 4.69) is 20.6 Å². The van der Waals surface area contributed by atoms with Gasteiger partial charge in [-0.15, -0.1) is 0 Å². The smallest absolute Gasteiger partial charge is 0.191 e. The minimum absolute atomic E-state index is 0.183. The Morgan fingerprint density at radius 3 is 2.60 bits per heavy atom. The highest BCUT2D eigenvalue weighted by Gasteiger charge is 2.06. The van der Waals surface area contributed by atoms with Crippen molar-refractivity contribution in [1.82, 2.24) is 9.97 Å². The van der Waals surface area contributed by atoms with Crippen LogP contribution < -0.4 is 15.4 Å². The molecule has 0 unspecified atom stereocenters. The van der Waals surface area contributed by atoms with Gasteiger partial charge in [-0.25, -0.2) is 14.4 Å². The van der Waals surface area contributed by atoms with Crippen LogP contribution in [0.15, 0.2) is 29.4 Å². The number of rotatable bonds is 5. The van der Waals surface area contributed by atoms with E-state index in [0.29, 0.717) is 22.5 Å². The van der Waals surface area contributed by atoms with Crippen LogP contribution in [-0.4, -0.2) is 30.4 Å². The molecule has 0 aliphatic heterocycles. The lowest BCUT2D eigenvalue weighted by Gasteiger charge is -2.10. The maximum atomic E-state index is 13.4. The number of anilines is 3. The number of halogens is 1. The van der Waals surface area contributed by atoms with E-state index in [4.69, 9.17) is 4.74 Å². The molecule has 0 saturated heterocycles. The number of ether oxygens (including phenoxy) is 1. The molecule has 106 valence electrons. The predicted molar refractivity (Wildman–Crippen MR) is 79.6 cm³/mol. The van der Waals surface area contributed by atoms with Crippen molar-refractivity contribution in [2.24, 2.45) is 0 Å². The molecule has 0 spiro atoms. The molecule has 2 rings (SSSR count). The molecule has 0 fully saturated rings. The molecular weight excluding hydrogens is 279 g/mol. The fraction of sp³-hybridized carbons (Fsp3) is 0.231. The first-order valence-electron chi connectivity index (χ1n) is 5.87. The third-order valence-corrected chi connectivity index (χ3v) is 3.12. The quantitative estimate of drug-likeness (QED) is 0.652. The summed E-state index contributed by atoms with van der Waals surface area (Å²) in [6.45, 7) is 0. The van der Waals surface area contributed by atoms with Crippen LogP contribution in [0, 0.1) is 5.82 Å². The van der Waals surface area contributed by atoms with Gasteiger partial charge in [0.1, 0.15) is 11.6 Å².